The van der Waals surface area contributed by atoms with Gasteiger partial charge >= 0.3 is 12.4 Å². The van der Waals surface area contributed by atoms with Gasteiger partial charge in [-0.25, -0.2) is 9.97 Å². The predicted octanol–water partition coefficient (Wildman–Crippen LogP) is 3.20. The number of nitrogens with zero attached hydrogens (tertiary/aromatic N) is 4. The van der Waals surface area contributed by atoms with Crippen molar-refractivity contribution in [2.45, 2.75) is 43.6 Å². The van der Waals surface area contributed by atoms with Crippen molar-refractivity contribution in [1.82, 2.24) is 19.9 Å². The minimum absolute atomic E-state index is 0.138. The highest BCUT2D eigenvalue weighted by Gasteiger charge is 2.37. The highest BCUT2D eigenvalue weighted by atomic mass is 19.4. The van der Waals surface area contributed by atoms with Crippen LogP contribution in [-0.2, 0) is 21.9 Å². The second-order valence-corrected chi connectivity index (χ2v) is 8.70. The van der Waals surface area contributed by atoms with Gasteiger partial charge in [-0.1, -0.05) is 6.42 Å². The summed E-state index contributed by atoms with van der Waals surface area (Å²) in [4.78, 5) is 37.1. The number of piperazine rings is 1. The van der Waals surface area contributed by atoms with Gasteiger partial charge in [0.15, 0.2) is 0 Å². The molecule has 2 atom stereocenters. The Balaban J connectivity index is 1.30. The molecule has 0 aromatic carbocycles. The molecule has 0 bridgehead atoms. The van der Waals surface area contributed by atoms with E-state index in [1.807, 2.05) is 0 Å². The highest BCUT2D eigenvalue weighted by Crippen LogP contribution is 2.38. The molecule has 36 heavy (non-hydrogen) atoms. The van der Waals surface area contributed by atoms with Crippen LogP contribution in [0.5, 0.6) is 0 Å². The molecule has 2 fully saturated rings. The summed E-state index contributed by atoms with van der Waals surface area (Å²) in [5.41, 5.74) is -3.12. The monoisotopic (exact) mass is 519 g/mol. The fraction of sp³-hybridized carbons (Fsp3) is 0.545. The van der Waals surface area contributed by atoms with Gasteiger partial charge in [0.2, 0.25) is 11.9 Å². The van der Waals surface area contributed by atoms with Gasteiger partial charge in [-0.05, 0) is 24.5 Å². The van der Waals surface area contributed by atoms with Crippen LogP contribution in [0.2, 0.25) is 0 Å². The second kappa shape index (κ2) is 10.1. The molecule has 2 aromatic rings. The molecule has 2 aliphatic rings. The Labute approximate surface area is 201 Å². The van der Waals surface area contributed by atoms with E-state index in [4.69, 9.17) is 4.74 Å². The molecule has 1 N–H and O–H groups in total. The number of hydrogen-bond donors (Lipinski definition) is 1. The molecule has 1 saturated heterocycles. The Hall–Kier alpha value is -3.16. The molecule has 0 radical (unpaired) electrons. The van der Waals surface area contributed by atoms with E-state index in [1.165, 1.54) is 6.20 Å². The molecule has 3 heterocycles. The third kappa shape index (κ3) is 5.79. The van der Waals surface area contributed by atoms with E-state index >= 15 is 0 Å². The van der Waals surface area contributed by atoms with E-state index in [2.05, 4.69) is 15.0 Å². The summed E-state index contributed by atoms with van der Waals surface area (Å²) < 4.78 is 83.2. The number of alkyl halides is 6. The number of rotatable bonds is 5. The lowest BCUT2D eigenvalue weighted by atomic mass is 9.96. The number of ether oxygens (including phenoxy) is 1. The number of nitrogens with one attached hydrogen (secondary N) is 1. The van der Waals surface area contributed by atoms with Gasteiger partial charge in [0, 0.05) is 50.7 Å². The van der Waals surface area contributed by atoms with Crippen molar-refractivity contribution >= 4 is 11.9 Å². The van der Waals surface area contributed by atoms with Crippen molar-refractivity contribution in [2.75, 3.05) is 37.7 Å². The van der Waals surface area contributed by atoms with Gasteiger partial charge in [0.1, 0.15) is 12.2 Å². The molecule has 0 spiro atoms. The highest BCUT2D eigenvalue weighted by molar-refractivity contribution is 5.77. The summed E-state index contributed by atoms with van der Waals surface area (Å²) in [7, 11) is 0. The van der Waals surface area contributed by atoms with Crippen LogP contribution in [-0.4, -0.2) is 64.6 Å². The van der Waals surface area contributed by atoms with Crippen LogP contribution in [0.3, 0.4) is 0 Å². The van der Waals surface area contributed by atoms with Gasteiger partial charge in [0.05, 0.1) is 11.7 Å². The van der Waals surface area contributed by atoms with E-state index in [0.29, 0.717) is 50.3 Å². The summed E-state index contributed by atoms with van der Waals surface area (Å²) in [6.07, 6.45) is -5.25. The lowest BCUT2D eigenvalue weighted by Crippen LogP contribution is -2.50. The minimum atomic E-state index is -4.78. The van der Waals surface area contributed by atoms with E-state index in [9.17, 15) is 35.9 Å². The smallest absolute Gasteiger partial charge is 0.368 e. The van der Waals surface area contributed by atoms with Crippen molar-refractivity contribution < 1.29 is 35.9 Å². The van der Waals surface area contributed by atoms with Gasteiger partial charge in [-0.2, -0.15) is 26.3 Å². The zero-order valence-corrected chi connectivity index (χ0v) is 18.9. The summed E-state index contributed by atoms with van der Waals surface area (Å²) in [6, 6.07) is 0.843. The third-order valence-corrected chi connectivity index (χ3v) is 6.41. The number of hydrogen-bond acceptors (Lipinski definition) is 6. The average Bonchev–Trinajstić information content (AvgIpc) is 3.30. The minimum Gasteiger partial charge on any atom is -0.368 e. The van der Waals surface area contributed by atoms with Crippen LogP contribution in [0.25, 0.3) is 0 Å². The van der Waals surface area contributed by atoms with Crippen molar-refractivity contribution in [2.24, 2.45) is 0 Å². The zero-order chi connectivity index (χ0) is 26.1. The van der Waals surface area contributed by atoms with Crippen molar-refractivity contribution in [3.63, 3.8) is 0 Å². The van der Waals surface area contributed by atoms with Gasteiger partial charge in [0.25, 0.3) is 5.56 Å². The molecule has 1 amide bonds. The second-order valence-electron chi connectivity index (χ2n) is 8.70. The van der Waals surface area contributed by atoms with Gasteiger partial charge in [-0.3, -0.25) is 9.59 Å². The molecule has 196 valence electrons. The average molecular weight is 519 g/mol. The van der Waals surface area contributed by atoms with Gasteiger partial charge in [-0.15, -0.1) is 0 Å². The van der Waals surface area contributed by atoms with Gasteiger partial charge < -0.3 is 19.5 Å². The number of carbonyl (C=O) groups excluding carboxylic acids is 1. The number of pyridine rings is 1. The Bertz CT molecular complexity index is 1130. The number of aromatic nitrogens is 3. The van der Waals surface area contributed by atoms with E-state index in [-0.39, 0.29) is 37.5 Å². The van der Waals surface area contributed by atoms with Crippen molar-refractivity contribution in [3.05, 3.63) is 51.7 Å². The molecule has 1 aliphatic carbocycles. The molecule has 1 aliphatic heterocycles. The molecule has 2 unspecified atom stereocenters. The number of aromatic amines is 1. The first-order valence-corrected chi connectivity index (χ1v) is 11.3. The molecule has 2 aromatic heterocycles. The first-order valence-electron chi connectivity index (χ1n) is 11.3. The Kier molecular flexibility index (Phi) is 7.25. The van der Waals surface area contributed by atoms with Crippen LogP contribution in [0.4, 0.5) is 32.3 Å². The topological polar surface area (TPSA) is 91.4 Å². The summed E-state index contributed by atoms with van der Waals surface area (Å²) in [5, 5.41) is 0. The Morgan fingerprint density at radius 3 is 2.31 bits per heavy atom. The third-order valence-electron chi connectivity index (χ3n) is 6.41. The Morgan fingerprint density at radius 2 is 1.69 bits per heavy atom. The van der Waals surface area contributed by atoms with E-state index < -0.39 is 35.1 Å². The summed E-state index contributed by atoms with van der Waals surface area (Å²) >= 11 is 0. The summed E-state index contributed by atoms with van der Waals surface area (Å²) in [5.74, 6) is -0.547. The van der Waals surface area contributed by atoms with Crippen LogP contribution >= 0.6 is 0 Å². The zero-order valence-electron chi connectivity index (χ0n) is 18.9. The number of amides is 1. The number of carbonyl (C=O) groups is 1. The maximum absolute atomic E-state index is 13.1. The van der Waals surface area contributed by atoms with E-state index in [0.717, 1.165) is 6.07 Å². The first-order chi connectivity index (χ1) is 16.9. The summed E-state index contributed by atoms with van der Waals surface area (Å²) in [6.45, 7) is 0.958. The van der Waals surface area contributed by atoms with Crippen LogP contribution in [0.1, 0.15) is 41.9 Å². The molecule has 8 nitrogen and oxygen atoms in total. The van der Waals surface area contributed by atoms with Crippen molar-refractivity contribution in [3.8, 4) is 0 Å². The largest absolute Gasteiger partial charge is 0.421 e. The van der Waals surface area contributed by atoms with Crippen LogP contribution in [0, 0.1) is 0 Å². The fourth-order valence-corrected chi connectivity index (χ4v) is 4.49. The lowest BCUT2D eigenvalue weighted by molar-refractivity contribution is -0.139. The fourth-order valence-electron chi connectivity index (χ4n) is 4.49. The molecule has 1 saturated carbocycles. The molecular formula is C22H23F6N5O3. The standard InChI is InChI=1S/C22H23F6N5O3/c23-21(24,25)14-10-30-20(31-11-14)33-6-4-32(5-7-33)18(34)12-36-17-3-1-2-15(17)13-8-16(22(26,27)28)19(35)29-9-13/h8-11,15,17H,1-7,12H2,(H,29,35). The quantitative estimate of drug-likeness (QED) is 0.611. The maximum Gasteiger partial charge on any atom is 0.421 e. The number of H-pyrrole nitrogens is 1. The molecule has 4 rings (SSSR count). The SMILES string of the molecule is O=C(COC1CCCC1c1c[nH]c(=O)c(C(F)(F)F)c1)N1CCN(c2ncc(C(F)(F)F)cn2)CC1. The van der Waals surface area contributed by atoms with Crippen LogP contribution < -0.4 is 10.5 Å². The normalized spacial score (nSPS) is 21.2. The predicted molar refractivity (Wildman–Crippen MR) is 114 cm³/mol. The number of anilines is 1. The first kappa shape index (κ1) is 25.9. The van der Waals surface area contributed by atoms with Crippen molar-refractivity contribution in [1.29, 1.82) is 0 Å². The Morgan fingerprint density at radius 1 is 1.03 bits per heavy atom. The lowest BCUT2D eigenvalue weighted by Gasteiger charge is -2.35. The molecular weight excluding hydrogens is 496 g/mol. The van der Waals surface area contributed by atoms with E-state index in [1.54, 1.807) is 9.80 Å². The molecule has 14 heteroatoms. The maximum atomic E-state index is 13.1. The van der Waals surface area contributed by atoms with Crippen LogP contribution in [0.15, 0.2) is 29.5 Å². The number of halogens is 6.